The second-order valence-electron chi connectivity index (χ2n) is 3.40. The first-order valence-corrected chi connectivity index (χ1v) is 6.82. The van der Waals surface area contributed by atoms with Gasteiger partial charge in [-0.25, -0.2) is 13.4 Å². The van der Waals surface area contributed by atoms with Crippen LogP contribution in [-0.2, 0) is 19.3 Å². The first-order valence-electron chi connectivity index (χ1n) is 4.93. The van der Waals surface area contributed by atoms with Gasteiger partial charge in [-0.2, -0.15) is 0 Å². The number of pyridine rings is 1. The minimum Gasteiger partial charge on any atom is -0.364 e. The van der Waals surface area contributed by atoms with E-state index in [0.717, 1.165) is 6.26 Å². The van der Waals surface area contributed by atoms with E-state index in [9.17, 15) is 8.42 Å². The lowest BCUT2D eigenvalue weighted by Gasteiger charge is -2.15. The molecule has 0 fully saturated rings. The largest absolute Gasteiger partial charge is 0.364 e. The predicted molar refractivity (Wildman–Crippen MR) is 63.6 cm³/mol. The van der Waals surface area contributed by atoms with E-state index in [2.05, 4.69) is 10.3 Å². The van der Waals surface area contributed by atoms with Gasteiger partial charge in [-0.1, -0.05) is 0 Å². The molecule has 0 spiro atoms. The lowest BCUT2D eigenvalue weighted by molar-refractivity contribution is -0.0914. The first-order chi connectivity index (χ1) is 7.99. The summed E-state index contributed by atoms with van der Waals surface area (Å²) in [4.78, 5) is 4.14. The Morgan fingerprint density at radius 2 is 2.06 bits per heavy atom. The van der Waals surface area contributed by atoms with Gasteiger partial charge >= 0.3 is 0 Å². The average molecular weight is 260 g/mol. The van der Waals surface area contributed by atoms with Crippen molar-refractivity contribution in [1.29, 1.82) is 0 Å². The molecule has 0 aliphatic heterocycles. The van der Waals surface area contributed by atoms with E-state index in [-0.39, 0.29) is 4.90 Å². The smallest absolute Gasteiger partial charge is 0.179 e. The average Bonchev–Trinajstić information content (AvgIpc) is 2.29. The minimum atomic E-state index is -3.30. The minimum absolute atomic E-state index is 0.158. The summed E-state index contributed by atoms with van der Waals surface area (Å²) in [6.45, 7) is 0.312. The third-order valence-corrected chi connectivity index (χ3v) is 3.26. The molecule has 0 saturated carbocycles. The number of rotatable bonds is 6. The number of sulfone groups is 1. The third kappa shape index (κ3) is 3.95. The molecule has 1 heterocycles. The van der Waals surface area contributed by atoms with Crippen molar-refractivity contribution >= 4 is 15.7 Å². The van der Waals surface area contributed by atoms with Crippen LogP contribution in [0.25, 0.3) is 0 Å². The summed E-state index contributed by atoms with van der Waals surface area (Å²) < 4.78 is 33.0. The van der Waals surface area contributed by atoms with Gasteiger partial charge in [-0.05, 0) is 12.1 Å². The Morgan fingerprint density at radius 1 is 1.41 bits per heavy atom. The summed E-state index contributed by atoms with van der Waals surface area (Å²) >= 11 is 0. The van der Waals surface area contributed by atoms with Crippen molar-refractivity contribution in [3.8, 4) is 0 Å². The second kappa shape index (κ2) is 5.95. The Kier molecular flexibility index (Phi) is 4.86. The molecule has 0 aliphatic rings. The number of hydrogen-bond donors (Lipinski definition) is 1. The van der Waals surface area contributed by atoms with E-state index in [4.69, 9.17) is 9.47 Å². The zero-order chi connectivity index (χ0) is 12.9. The molecule has 0 amide bonds. The molecular formula is C10H16N2O4S. The van der Waals surface area contributed by atoms with Crippen molar-refractivity contribution in [2.45, 2.75) is 11.2 Å². The fourth-order valence-electron chi connectivity index (χ4n) is 1.27. The van der Waals surface area contributed by atoms with E-state index >= 15 is 0 Å². The van der Waals surface area contributed by atoms with Crippen LogP contribution >= 0.6 is 0 Å². The van der Waals surface area contributed by atoms with E-state index < -0.39 is 16.1 Å². The fourth-order valence-corrected chi connectivity index (χ4v) is 2.07. The maximum atomic E-state index is 11.5. The number of anilines is 1. The van der Waals surface area contributed by atoms with Gasteiger partial charge in [-0.3, -0.25) is 0 Å². The van der Waals surface area contributed by atoms with Crippen molar-refractivity contribution in [3.05, 3.63) is 18.3 Å². The van der Waals surface area contributed by atoms with Gasteiger partial charge in [0.05, 0.1) is 6.54 Å². The molecule has 1 rings (SSSR count). The second-order valence-corrected chi connectivity index (χ2v) is 5.39. The molecule has 7 heteroatoms. The van der Waals surface area contributed by atoms with Crippen LogP contribution in [0.2, 0.25) is 0 Å². The Morgan fingerprint density at radius 3 is 2.59 bits per heavy atom. The third-order valence-electron chi connectivity index (χ3n) is 2.13. The van der Waals surface area contributed by atoms with Crippen LogP contribution in [0, 0.1) is 0 Å². The molecule has 0 atom stereocenters. The van der Waals surface area contributed by atoms with Gasteiger partial charge in [0.15, 0.2) is 16.1 Å². The van der Waals surface area contributed by atoms with E-state index in [1.165, 1.54) is 26.5 Å². The topological polar surface area (TPSA) is 77.5 Å². The molecule has 17 heavy (non-hydrogen) atoms. The van der Waals surface area contributed by atoms with Crippen LogP contribution in [0.4, 0.5) is 5.82 Å². The molecule has 0 saturated heterocycles. The zero-order valence-electron chi connectivity index (χ0n) is 10.0. The molecular weight excluding hydrogens is 244 g/mol. The van der Waals surface area contributed by atoms with E-state index in [0.29, 0.717) is 12.4 Å². The van der Waals surface area contributed by atoms with E-state index in [1.54, 1.807) is 6.07 Å². The SMILES string of the molecule is COC(CNc1ncccc1S(C)(=O)=O)OC. The van der Waals surface area contributed by atoms with Gasteiger partial charge in [0.2, 0.25) is 0 Å². The molecule has 0 radical (unpaired) electrons. The van der Waals surface area contributed by atoms with Crippen LogP contribution in [0.5, 0.6) is 0 Å². The Balaban J connectivity index is 2.85. The molecule has 0 bridgehead atoms. The van der Waals surface area contributed by atoms with Gasteiger partial charge in [0.1, 0.15) is 10.7 Å². The predicted octanol–water partition coefficient (Wildman–Crippen LogP) is 0.516. The number of ether oxygens (including phenoxy) is 2. The highest BCUT2D eigenvalue weighted by Crippen LogP contribution is 2.17. The van der Waals surface area contributed by atoms with Gasteiger partial charge in [0.25, 0.3) is 0 Å². The van der Waals surface area contributed by atoms with E-state index in [1.807, 2.05) is 0 Å². The molecule has 0 aliphatic carbocycles. The van der Waals surface area contributed by atoms with Crippen LogP contribution in [0.15, 0.2) is 23.2 Å². The van der Waals surface area contributed by atoms with Gasteiger partial charge in [0, 0.05) is 26.7 Å². The lowest BCUT2D eigenvalue weighted by atomic mass is 10.4. The van der Waals surface area contributed by atoms with Crippen molar-refractivity contribution in [1.82, 2.24) is 4.98 Å². The number of nitrogens with zero attached hydrogens (tertiary/aromatic N) is 1. The van der Waals surface area contributed by atoms with Gasteiger partial charge < -0.3 is 14.8 Å². The Labute approximate surface area is 101 Å². The lowest BCUT2D eigenvalue weighted by Crippen LogP contribution is -2.24. The van der Waals surface area contributed by atoms with Crippen LogP contribution in [0.3, 0.4) is 0 Å². The molecule has 0 unspecified atom stereocenters. The maximum Gasteiger partial charge on any atom is 0.179 e. The van der Waals surface area contributed by atoms with Crippen molar-refractivity contribution in [2.24, 2.45) is 0 Å². The Bertz CT molecular complexity index is 457. The number of methoxy groups -OCH3 is 2. The number of nitrogens with one attached hydrogen (secondary N) is 1. The molecule has 1 aromatic heterocycles. The molecule has 0 aromatic carbocycles. The summed E-state index contributed by atoms with van der Waals surface area (Å²) in [6.07, 6.45) is 2.20. The normalized spacial score (nSPS) is 11.8. The molecule has 6 nitrogen and oxygen atoms in total. The molecule has 1 aromatic rings. The number of aromatic nitrogens is 1. The van der Waals surface area contributed by atoms with Crippen LogP contribution < -0.4 is 5.32 Å². The molecule has 1 N–H and O–H groups in total. The van der Waals surface area contributed by atoms with Crippen molar-refractivity contribution in [3.63, 3.8) is 0 Å². The maximum absolute atomic E-state index is 11.5. The summed E-state index contributed by atoms with van der Waals surface area (Å²) in [5, 5.41) is 2.88. The number of hydrogen-bond acceptors (Lipinski definition) is 6. The quantitative estimate of drug-likeness (QED) is 0.751. The van der Waals surface area contributed by atoms with Crippen LogP contribution in [-0.4, -0.2) is 46.7 Å². The Hall–Kier alpha value is -1.18. The summed E-state index contributed by atoms with van der Waals surface area (Å²) in [5.41, 5.74) is 0. The standard InChI is InChI=1S/C10H16N2O4S/c1-15-9(16-2)7-12-10-8(17(3,13)14)5-4-6-11-10/h4-6,9H,7H2,1-3H3,(H,11,12). The first kappa shape index (κ1) is 13.9. The van der Waals surface area contributed by atoms with Crippen LogP contribution in [0.1, 0.15) is 0 Å². The highest BCUT2D eigenvalue weighted by molar-refractivity contribution is 7.90. The van der Waals surface area contributed by atoms with Crippen molar-refractivity contribution in [2.75, 3.05) is 32.3 Å². The monoisotopic (exact) mass is 260 g/mol. The summed E-state index contributed by atoms with van der Waals surface area (Å²) in [7, 11) is -0.290. The summed E-state index contributed by atoms with van der Waals surface area (Å²) in [5.74, 6) is 0.300. The van der Waals surface area contributed by atoms with Gasteiger partial charge in [-0.15, -0.1) is 0 Å². The molecule has 96 valence electrons. The highest BCUT2D eigenvalue weighted by Gasteiger charge is 2.14. The zero-order valence-corrected chi connectivity index (χ0v) is 10.8. The van der Waals surface area contributed by atoms with Crippen molar-refractivity contribution < 1.29 is 17.9 Å². The summed E-state index contributed by atoms with van der Waals surface area (Å²) in [6, 6.07) is 3.07. The fraction of sp³-hybridized carbons (Fsp3) is 0.500. The highest BCUT2D eigenvalue weighted by atomic mass is 32.2.